The molecule has 0 saturated heterocycles. The third-order valence-corrected chi connectivity index (χ3v) is 17.1. The zero-order valence-electron chi connectivity index (χ0n) is 22.3. The average molecular weight is 638 g/mol. The third kappa shape index (κ3) is 4.30. The molecule has 4 nitrogen and oxygen atoms in total. The molecule has 2 atom stereocenters. The van der Waals surface area contributed by atoms with Crippen LogP contribution in [0.4, 0.5) is 11.4 Å². The van der Waals surface area contributed by atoms with E-state index in [2.05, 4.69) is 138 Å². The number of hydrogen-bond acceptors (Lipinski definition) is 2. The zero-order valence-corrected chi connectivity index (χ0v) is 25.1. The normalized spacial score (nSPS) is 16.1. The summed E-state index contributed by atoms with van der Waals surface area (Å²) in [6.45, 7) is 0. The van der Waals surface area contributed by atoms with Crippen molar-refractivity contribution in [2.45, 2.75) is 9.85 Å². The molecular weight excluding hydrogens is 611 g/mol. The fourth-order valence-corrected chi connectivity index (χ4v) is 16.0. The van der Waals surface area contributed by atoms with Gasteiger partial charge in [0.1, 0.15) is 0 Å². The standard InChI is InChI=1S/C24H17N2O2.2C6H5.Sn/c27-13-25-22-12-20-18-8-4-2-6-16(18)11-21(20)23(24(22)26-14-28)19-10-9-15-5-1-3-7-17(15)19;2*1-2-4-6-5-3-1;/h1-14,19H,(H,25,27)(H,26,28);2*1-5H;. The van der Waals surface area contributed by atoms with Crippen molar-refractivity contribution in [2.75, 3.05) is 10.6 Å². The number of carbonyl (C=O) groups excluding carboxylic acids is 2. The summed E-state index contributed by atoms with van der Waals surface area (Å²) in [4.78, 5) is 23.9. The van der Waals surface area contributed by atoms with Crippen LogP contribution in [0.15, 0.2) is 121 Å². The topological polar surface area (TPSA) is 58.2 Å². The summed E-state index contributed by atoms with van der Waals surface area (Å²) >= 11 is -2.75. The van der Waals surface area contributed by atoms with Crippen LogP contribution in [0, 0.1) is 0 Å². The van der Waals surface area contributed by atoms with Gasteiger partial charge >= 0.3 is 248 Å². The maximum atomic E-state index is 12.1. The molecule has 2 unspecified atom stereocenters. The summed E-state index contributed by atoms with van der Waals surface area (Å²) in [5, 5.41) is 5.93. The van der Waals surface area contributed by atoms with Gasteiger partial charge in [-0.05, 0) is 0 Å². The SMILES string of the molecule is O=CNc1cc2c(c(C3C=Cc4ccccc43)c1NC=O)[CH]([Sn]([c]1ccccc1)[c]1ccccc1)c1ccccc1-2. The molecule has 2 aliphatic rings. The molecule has 0 aliphatic heterocycles. The van der Waals surface area contributed by atoms with E-state index in [1.54, 1.807) is 0 Å². The number of amides is 2. The first-order chi connectivity index (χ1) is 20.3. The van der Waals surface area contributed by atoms with E-state index < -0.39 is 19.8 Å². The van der Waals surface area contributed by atoms with Crippen molar-refractivity contribution in [1.29, 1.82) is 0 Å². The second-order valence-corrected chi connectivity index (χ2v) is 17.6. The van der Waals surface area contributed by atoms with Gasteiger partial charge in [-0.25, -0.2) is 0 Å². The van der Waals surface area contributed by atoms with E-state index in [0.717, 1.165) is 17.5 Å². The monoisotopic (exact) mass is 639 g/mol. The van der Waals surface area contributed by atoms with Gasteiger partial charge in [-0.1, -0.05) is 0 Å². The molecule has 0 fully saturated rings. The molecule has 2 amide bonds. The Hall–Kier alpha value is -4.42. The van der Waals surface area contributed by atoms with Gasteiger partial charge in [0, 0.05) is 0 Å². The molecule has 0 spiro atoms. The fourth-order valence-electron chi connectivity index (χ4n) is 6.65. The number of rotatable bonds is 8. The fraction of sp³-hybridized carbons (Fsp3) is 0.0556. The van der Waals surface area contributed by atoms with E-state index >= 15 is 0 Å². The molecule has 7 rings (SSSR count). The molecule has 41 heavy (non-hydrogen) atoms. The van der Waals surface area contributed by atoms with E-state index in [4.69, 9.17) is 0 Å². The summed E-state index contributed by atoms with van der Waals surface area (Å²) in [6, 6.07) is 41.1. The molecule has 5 aromatic carbocycles. The van der Waals surface area contributed by atoms with Crippen molar-refractivity contribution in [3.05, 3.63) is 149 Å². The summed E-state index contributed by atoms with van der Waals surface area (Å²) in [5.74, 6) is -0.0659. The molecule has 0 saturated carbocycles. The van der Waals surface area contributed by atoms with Gasteiger partial charge in [0.2, 0.25) is 0 Å². The number of carbonyl (C=O) groups is 2. The summed E-state index contributed by atoms with van der Waals surface area (Å²) in [5.41, 5.74) is 9.62. The number of hydrogen-bond donors (Lipinski definition) is 2. The summed E-state index contributed by atoms with van der Waals surface area (Å²) in [7, 11) is 0. The minimum absolute atomic E-state index is 0.0659. The van der Waals surface area contributed by atoms with Gasteiger partial charge in [0.15, 0.2) is 0 Å². The molecule has 5 heteroatoms. The van der Waals surface area contributed by atoms with Gasteiger partial charge in [0.25, 0.3) is 0 Å². The van der Waals surface area contributed by atoms with Crippen molar-refractivity contribution in [2.24, 2.45) is 0 Å². The van der Waals surface area contributed by atoms with Crippen LogP contribution in [0.1, 0.15) is 37.7 Å². The number of anilines is 2. The Bertz CT molecular complexity index is 1760. The summed E-state index contributed by atoms with van der Waals surface area (Å²) in [6.07, 6.45) is 5.81. The zero-order chi connectivity index (χ0) is 27.8. The van der Waals surface area contributed by atoms with Gasteiger partial charge in [-0.3, -0.25) is 0 Å². The molecule has 2 N–H and O–H groups in total. The molecule has 1 radical (unpaired) electrons. The van der Waals surface area contributed by atoms with Crippen molar-refractivity contribution in [3.8, 4) is 11.1 Å². The van der Waals surface area contributed by atoms with Crippen LogP contribution in [0.3, 0.4) is 0 Å². The van der Waals surface area contributed by atoms with E-state index in [9.17, 15) is 9.59 Å². The van der Waals surface area contributed by atoms with Crippen LogP contribution in [-0.4, -0.2) is 32.6 Å². The predicted molar refractivity (Wildman–Crippen MR) is 168 cm³/mol. The van der Waals surface area contributed by atoms with Crippen LogP contribution in [-0.2, 0) is 9.59 Å². The average Bonchev–Trinajstić information content (AvgIpc) is 3.59. The number of benzene rings is 5. The van der Waals surface area contributed by atoms with Crippen LogP contribution in [0.2, 0.25) is 0 Å². The first kappa shape index (κ1) is 25.5. The molecule has 197 valence electrons. The van der Waals surface area contributed by atoms with Gasteiger partial charge in [-0.15, -0.1) is 0 Å². The van der Waals surface area contributed by atoms with Gasteiger partial charge < -0.3 is 0 Å². The second-order valence-electron chi connectivity index (χ2n) is 10.3. The Balaban J connectivity index is 1.59. The van der Waals surface area contributed by atoms with E-state index in [0.29, 0.717) is 17.8 Å². The molecular formula is C36H27N2O2Sn. The summed E-state index contributed by atoms with van der Waals surface area (Å²) < 4.78 is 3.01. The first-order valence-electron chi connectivity index (χ1n) is 13.8. The molecule has 5 aromatic rings. The Morgan fingerprint density at radius 3 is 1.90 bits per heavy atom. The third-order valence-electron chi connectivity index (χ3n) is 8.24. The predicted octanol–water partition coefficient (Wildman–Crippen LogP) is 5.94. The van der Waals surface area contributed by atoms with Crippen LogP contribution >= 0.6 is 0 Å². The molecule has 0 heterocycles. The van der Waals surface area contributed by atoms with Crippen molar-refractivity contribution < 1.29 is 9.59 Å². The Labute approximate surface area is 246 Å². The Morgan fingerprint density at radius 2 is 1.22 bits per heavy atom. The molecule has 2 aliphatic carbocycles. The molecule has 0 aromatic heterocycles. The number of allylic oxidation sites excluding steroid dienone is 1. The van der Waals surface area contributed by atoms with Crippen LogP contribution in [0.5, 0.6) is 0 Å². The van der Waals surface area contributed by atoms with Crippen molar-refractivity contribution in [1.82, 2.24) is 0 Å². The van der Waals surface area contributed by atoms with Gasteiger partial charge in [0.05, 0.1) is 0 Å². The molecule has 0 bridgehead atoms. The first-order valence-corrected chi connectivity index (χ1v) is 18.3. The van der Waals surface area contributed by atoms with E-state index in [1.165, 1.54) is 35.0 Å². The van der Waals surface area contributed by atoms with Crippen LogP contribution in [0.25, 0.3) is 17.2 Å². The quantitative estimate of drug-likeness (QED) is 0.163. The van der Waals surface area contributed by atoms with Crippen molar-refractivity contribution >= 4 is 57.2 Å². The Morgan fingerprint density at radius 1 is 0.610 bits per heavy atom. The number of fused-ring (bicyclic) bond motifs is 4. The Kier molecular flexibility index (Phi) is 6.77. The second kappa shape index (κ2) is 10.9. The maximum absolute atomic E-state index is 12.1. The number of nitrogens with one attached hydrogen (secondary N) is 2. The van der Waals surface area contributed by atoms with Gasteiger partial charge in [-0.2, -0.15) is 0 Å². The van der Waals surface area contributed by atoms with Crippen LogP contribution < -0.4 is 17.8 Å². The van der Waals surface area contributed by atoms with E-state index in [1.807, 2.05) is 0 Å². The van der Waals surface area contributed by atoms with Crippen molar-refractivity contribution in [3.63, 3.8) is 0 Å². The van der Waals surface area contributed by atoms with E-state index in [-0.39, 0.29) is 9.85 Å². The minimum atomic E-state index is -2.75.